The number of aromatic nitrogens is 1. The van der Waals surface area contributed by atoms with E-state index in [1.165, 1.54) is 9.87 Å². The molecule has 1 amide bonds. The molecule has 1 fully saturated rings. The molecule has 8 heteroatoms. The molecule has 1 N–H and O–H groups in total. The summed E-state index contributed by atoms with van der Waals surface area (Å²) in [6, 6.07) is 13.4. The average Bonchev–Trinajstić information content (AvgIpc) is 3.20. The maximum Gasteiger partial charge on any atom is 0.248 e. The third-order valence-corrected chi connectivity index (χ3v) is 8.39. The molecule has 7 nitrogen and oxygen atoms in total. The van der Waals surface area contributed by atoms with Gasteiger partial charge >= 0.3 is 0 Å². The van der Waals surface area contributed by atoms with Crippen molar-refractivity contribution in [2.24, 2.45) is 5.92 Å². The fourth-order valence-electron chi connectivity index (χ4n) is 4.68. The van der Waals surface area contributed by atoms with Gasteiger partial charge in [0.25, 0.3) is 0 Å². The summed E-state index contributed by atoms with van der Waals surface area (Å²) in [5, 5.41) is 6.84. The molecule has 1 saturated heterocycles. The molecule has 2 heterocycles. The fraction of sp³-hybridized carbons (Fsp3) is 0.333. The smallest absolute Gasteiger partial charge is 0.248 e. The SMILES string of the molecule is Cc1cc(C)c(/C=C/c2onc(C)c2S(=O)(=O)N2CCC[C@@H](C(=O)Nc3ccccc3)C2)c(C)c1. The van der Waals surface area contributed by atoms with E-state index >= 15 is 0 Å². The van der Waals surface area contributed by atoms with Crippen LogP contribution in [0.25, 0.3) is 12.2 Å². The number of carbonyl (C=O) groups is 1. The van der Waals surface area contributed by atoms with Gasteiger partial charge in [0.15, 0.2) is 10.7 Å². The van der Waals surface area contributed by atoms with E-state index in [9.17, 15) is 13.2 Å². The lowest BCUT2D eigenvalue weighted by Crippen LogP contribution is -2.43. The summed E-state index contributed by atoms with van der Waals surface area (Å²) in [4.78, 5) is 12.9. The Morgan fingerprint density at radius 1 is 1.09 bits per heavy atom. The summed E-state index contributed by atoms with van der Waals surface area (Å²) >= 11 is 0. The number of para-hydroxylation sites is 1. The van der Waals surface area contributed by atoms with E-state index in [-0.39, 0.29) is 23.1 Å². The zero-order chi connectivity index (χ0) is 25.2. The van der Waals surface area contributed by atoms with Crippen molar-refractivity contribution in [2.45, 2.75) is 45.4 Å². The number of benzene rings is 2. The Balaban J connectivity index is 1.57. The van der Waals surface area contributed by atoms with Gasteiger partial charge in [-0.05, 0) is 75.4 Å². The number of nitrogens with one attached hydrogen (secondary N) is 1. The lowest BCUT2D eigenvalue weighted by Gasteiger charge is -2.31. The molecule has 0 spiro atoms. The minimum atomic E-state index is -3.90. The molecule has 4 rings (SSSR count). The topological polar surface area (TPSA) is 92.5 Å². The number of nitrogens with zero attached hydrogens (tertiary/aromatic N) is 2. The van der Waals surface area contributed by atoms with Crippen molar-refractivity contribution >= 4 is 33.8 Å². The maximum absolute atomic E-state index is 13.7. The predicted molar refractivity (Wildman–Crippen MR) is 137 cm³/mol. The van der Waals surface area contributed by atoms with E-state index in [1.807, 2.05) is 57.2 Å². The quantitative estimate of drug-likeness (QED) is 0.515. The Morgan fingerprint density at radius 3 is 2.46 bits per heavy atom. The van der Waals surface area contributed by atoms with E-state index in [2.05, 4.69) is 22.6 Å². The van der Waals surface area contributed by atoms with Crippen LogP contribution in [0.1, 0.15) is 46.5 Å². The Kier molecular flexibility index (Phi) is 7.23. The molecule has 3 aromatic rings. The van der Waals surface area contributed by atoms with Gasteiger partial charge in [-0.2, -0.15) is 4.31 Å². The van der Waals surface area contributed by atoms with Crippen molar-refractivity contribution in [1.29, 1.82) is 0 Å². The minimum absolute atomic E-state index is 0.0558. The van der Waals surface area contributed by atoms with Crippen LogP contribution in [0.3, 0.4) is 0 Å². The molecule has 0 bridgehead atoms. The molecule has 35 heavy (non-hydrogen) atoms. The van der Waals surface area contributed by atoms with Gasteiger partial charge in [0, 0.05) is 18.8 Å². The number of carbonyl (C=O) groups excluding carboxylic acids is 1. The predicted octanol–water partition coefficient (Wildman–Crippen LogP) is 5.12. The summed E-state index contributed by atoms with van der Waals surface area (Å²) in [5.74, 6) is -0.419. The van der Waals surface area contributed by atoms with Gasteiger partial charge < -0.3 is 9.84 Å². The van der Waals surface area contributed by atoms with Crippen molar-refractivity contribution in [3.05, 3.63) is 76.2 Å². The third kappa shape index (κ3) is 5.39. The summed E-state index contributed by atoms with van der Waals surface area (Å²) in [5.41, 5.74) is 5.39. The number of amides is 1. The summed E-state index contributed by atoms with van der Waals surface area (Å²) in [6.07, 6.45) is 4.77. The third-order valence-electron chi connectivity index (χ3n) is 6.37. The molecule has 1 aliphatic heterocycles. The largest absolute Gasteiger partial charge is 0.355 e. The summed E-state index contributed by atoms with van der Waals surface area (Å²) < 4.78 is 34.1. The van der Waals surface area contributed by atoms with Crippen LogP contribution in [0, 0.1) is 33.6 Å². The molecule has 0 saturated carbocycles. The summed E-state index contributed by atoms with van der Waals surface area (Å²) in [7, 11) is -3.90. The highest BCUT2D eigenvalue weighted by Crippen LogP contribution is 2.30. The molecule has 1 aliphatic rings. The lowest BCUT2D eigenvalue weighted by molar-refractivity contribution is -0.120. The molecule has 0 unspecified atom stereocenters. The van der Waals surface area contributed by atoms with Gasteiger partial charge in [-0.15, -0.1) is 0 Å². The highest BCUT2D eigenvalue weighted by atomic mass is 32.2. The van der Waals surface area contributed by atoms with Gasteiger partial charge in [0.1, 0.15) is 5.69 Å². The van der Waals surface area contributed by atoms with E-state index in [0.29, 0.717) is 30.8 Å². The summed E-state index contributed by atoms with van der Waals surface area (Å²) in [6.45, 7) is 8.19. The highest BCUT2D eigenvalue weighted by Gasteiger charge is 2.37. The Labute approximate surface area is 206 Å². The molecule has 0 aliphatic carbocycles. The Bertz CT molecular complexity index is 1340. The second-order valence-electron chi connectivity index (χ2n) is 9.16. The van der Waals surface area contributed by atoms with Crippen LogP contribution >= 0.6 is 0 Å². The van der Waals surface area contributed by atoms with Crippen LogP contribution in [-0.2, 0) is 14.8 Å². The van der Waals surface area contributed by atoms with Crippen molar-refractivity contribution in [3.8, 4) is 0 Å². The van der Waals surface area contributed by atoms with Gasteiger partial charge in [-0.3, -0.25) is 4.79 Å². The zero-order valence-electron chi connectivity index (χ0n) is 20.5. The van der Waals surface area contributed by atoms with Crippen molar-refractivity contribution < 1.29 is 17.7 Å². The molecule has 2 aromatic carbocycles. The van der Waals surface area contributed by atoms with Crippen LogP contribution in [0.4, 0.5) is 5.69 Å². The van der Waals surface area contributed by atoms with Crippen LogP contribution in [-0.4, -0.2) is 36.9 Å². The van der Waals surface area contributed by atoms with Crippen LogP contribution < -0.4 is 5.32 Å². The number of anilines is 1. The van der Waals surface area contributed by atoms with Crippen molar-refractivity contribution in [2.75, 3.05) is 18.4 Å². The average molecular weight is 494 g/mol. The second-order valence-corrected chi connectivity index (χ2v) is 11.0. The number of piperidine rings is 1. The number of sulfonamides is 1. The van der Waals surface area contributed by atoms with E-state index in [1.54, 1.807) is 13.0 Å². The highest BCUT2D eigenvalue weighted by molar-refractivity contribution is 7.89. The molecule has 0 radical (unpaired) electrons. The monoisotopic (exact) mass is 493 g/mol. The molecule has 1 aromatic heterocycles. The standard InChI is InChI=1S/C27H31N3O4S/c1-18-15-19(2)24(20(3)16-18)12-13-25-26(21(4)29-34-25)35(32,33)30-14-8-9-22(17-30)27(31)28-23-10-6-5-7-11-23/h5-7,10-13,15-16,22H,8-9,14,17H2,1-4H3,(H,28,31)/b13-12+/t22-/m1/s1. The lowest BCUT2D eigenvalue weighted by atomic mass is 9.99. The van der Waals surface area contributed by atoms with Gasteiger partial charge in [0.2, 0.25) is 15.9 Å². The molecule has 1 atom stereocenters. The van der Waals surface area contributed by atoms with Crippen LogP contribution in [0.5, 0.6) is 0 Å². The first-order valence-electron chi connectivity index (χ1n) is 11.7. The second kappa shape index (κ2) is 10.2. The molecule has 184 valence electrons. The minimum Gasteiger partial charge on any atom is -0.355 e. The Hall–Kier alpha value is -3.23. The van der Waals surface area contributed by atoms with Gasteiger partial charge in [-0.1, -0.05) is 47.1 Å². The van der Waals surface area contributed by atoms with E-state index < -0.39 is 15.9 Å². The number of hydrogen-bond donors (Lipinski definition) is 1. The van der Waals surface area contributed by atoms with E-state index in [0.717, 1.165) is 16.7 Å². The maximum atomic E-state index is 13.7. The fourth-order valence-corrected chi connectivity index (χ4v) is 6.46. The number of rotatable bonds is 6. The van der Waals surface area contributed by atoms with Gasteiger partial charge in [-0.25, -0.2) is 8.42 Å². The van der Waals surface area contributed by atoms with Crippen molar-refractivity contribution in [1.82, 2.24) is 9.46 Å². The molecular formula is C27H31N3O4S. The van der Waals surface area contributed by atoms with Gasteiger partial charge in [0.05, 0.1) is 5.92 Å². The first kappa shape index (κ1) is 24.9. The van der Waals surface area contributed by atoms with Crippen LogP contribution in [0.2, 0.25) is 0 Å². The molecular weight excluding hydrogens is 462 g/mol. The van der Waals surface area contributed by atoms with Crippen molar-refractivity contribution in [3.63, 3.8) is 0 Å². The first-order chi connectivity index (χ1) is 16.7. The Morgan fingerprint density at radius 2 is 1.77 bits per heavy atom. The normalized spacial score (nSPS) is 17.1. The van der Waals surface area contributed by atoms with Crippen LogP contribution in [0.15, 0.2) is 51.9 Å². The zero-order valence-corrected chi connectivity index (χ0v) is 21.4. The first-order valence-corrected chi connectivity index (χ1v) is 13.2. The number of hydrogen-bond acceptors (Lipinski definition) is 5. The number of aryl methyl sites for hydroxylation is 4. The van der Waals surface area contributed by atoms with E-state index in [4.69, 9.17) is 4.52 Å².